The lowest BCUT2D eigenvalue weighted by Gasteiger charge is -2.33. The Kier molecular flexibility index (Phi) is 6.60. The molecule has 0 bridgehead atoms. The van der Waals surface area contributed by atoms with Gasteiger partial charge in [0.15, 0.2) is 6.54 Å². The molecular formula is C21H28N3O4+. The molecule has 1 aliphatic rings. The lowest BCUT2D eigenvalue weighted by atomic mass is 10.2. The Labute approximate surface area is 165 Å². The Morgan fingerprint density at radius 2 is 1.71 bits per heavy atom. The van der Waals surface area contributed by atoms with Crippen LogP contribution >= 0.6 is 0 Å². The molecule has 0 aliphatic carbocycles. The van der Waals surface area contributed by atoms with Crippen LogP contribution in [0.15, 0.2) is 42.5 Å². The van der Waals surface area contributed by atoms with Crippen molar-refractivity contribution in [2.75, 3.05) is 64.3 Å². The fourth-order valence-electron chi connectivity index (χ4n) is 3.40. The van der Waals surface area contributed by atoms with Crippen LogP contribution in [0.5, 0.6) is 17.2 Å². The third-order valence-electron chi connectivity index (χ3n) is 4.98. The summed E-state index contributed by atoms with van der Waals surface area (Å²) < 4.78 is 15.9. The predicted molar refractivity (Wildman–Crippen MR) is 109 cm³/mol. The zero-order valence-electron chi connectivity index (χ0n) is 16.7. The van der Waals surface area contributed by atoms with Crippen LogP contribution in [0, 0.1) is 0 Å². The normalized spacial score (nSPS) is 14.5. The zero-order chi connectivity index (χ0) is 19.9. The summed E-state index contributed by atoms with van der Waals surface area (Å²) in [6.07, 6.45) is 0. The van der Waals surface area contributed by atoms with E-state index in [1.165, 1.54) is 4.90 Å². The largest absolute Gasteiger partial charge is 0.497 e. The number of ether oxygens (including phenoxy) is 3. The van der Waals surface area contributed by atoms with Gasteiger partial charge in [-0.1, -0.05) is 6.07 Å². The number of carbonyl (C=O) groups excluding carboxylic acids is 1. The van der Waals surface area contributed by atoms with Gasteiger partial charge in [-0.15, -0.1) is 0 Å². The van der Waals surface area contributed by atoms with Crippen LogP contribution in [0.3, 0.4) is 0 Å². The number of quaternary nitrogens is 1. The average Bonchev–Trinajstić information content (AvgIpc) is 2.74. The molecule has 0 unspecified atom stereocenters. The molecule has 1 amide bonds. The number of carbonyl (C=O) groups is 1. The average molecular weight is 386 g/mol. The van der Waals surface area contributed by atoms with Gasteiger partial charge in [0.25, 0.3) is 5.91 Å². The molecule has 2 N–H and O–H groups in total. The molecule has 3 rings (SSSR count). The number of nitrogens with one attached hydrogen (secondary N) is 2. The van der Waals surface area contributed by atoms with Gasteiger partial charge >= 0.3 is 0 Å². The van der Waals surface area contributed by atoms with Gasteiger partial charge in [-0.25, -0.2) is 0 Å². The van der Waals surface area contributed by atoms with Gasteiger partial charge in [-0.3, -0.25) is 4.79 Å². The Hall–Kier alpha value is -2.93. The van der Waals surface area contributed by atoms with Crippen molar-refractivity contribution in [1.82, 2.24) is 0 Å². The molecule has 0 aromatic heterocycles. The van der Waals surface area contributed by atoms with E-state index in [1.807, 2.05) is 18.2 Å². The van der Waals surface area contributed by atoms with Gasteiger partial charge in [0.2, 0.25) is 0 Å². The van der Waals surface area contributed by atoms with Crippen LogP contribution in [-0.4, -0.2) is 60.0 Å². The molecule has 0 atom stereocenters. The Balaban J connectivity index is 1.54. The topological polar surface area (TPSA) is 64.5 Å². The Morgan fingerprint density at radius 3 is 2.39 bits per heavy atom. The number of hydrogen-bond donors (Lipinski definition) is 2. The minimum Gasteiger partial charge on any atom is -0.497 e. The van der Waals surface area contributed by atoms with Crippen LogP contribution in [0.4, 0.5) is 11.4 Å². The van der Waals surface area contributed by atoms with Crippen molar-refractivity contribution in [3.63, 3.8) is 0 Å². The van der Waals surface area contributed by atoms with Gasteiger partial charge in [-0.2, -0.15) is 0 Å². The number of hydrogen-bond acceptors (Lipinski definition) is 5. The maximum absolute atomic E-state index is 12.5. The van der Waals surface area contributed by atoms with Gasteiger partial charge in [0.05, 0.1) is 53.2 Å². The number of rotatable bonds is 7. The first kappa shape index (κ1) is 19.8. The first-order valence-electron chi connectivity index (χ1n) is 9.37. The predicted octanol–water partition coefficient (Wildman–Crippen LogP) is 1.06. The van der Waals surface area contributed by atoms with Gasteiger partial charge in [0, 0.05) is 17.8 Å². The van der Waals surface area contributed by atoms with Crippen molar-refractivity contribution in [3.8, 4) is 17.2 Å². The molecule has 1 fully saturated rings. The quantitative estimate of drug-likeness (QED) is 0.745. The minimum absolute atomic E-state index is 0.0311. The number of amides is 1. The number of methoxy groups -OCH3 is 3. The van der Waals surface area contributed by atoms with Crippen LogP contribution in [0.2, 0.25) is 0 Å². The Bertz CT molecular complexity index is 804. The van der Waals surface area contributed by atoms with E-state index in [-0.39, 0.29) is 5.91 Å². The molecule has 150 valence electrons. The molecule has 0 spiro atoms. The highest BCUT2D eigenvalue weighted by atomic mass is 16.5. The van der Waals surface area contributed by atoms with Crippen molar-refractivity contribution in [2.45, 2.75) is 0 Å². The van der Waals surface area contributed by atoms with Crippen molar-refractivity contribution in [3.05, 3.63) is 42.5 Å². The maximum Gasteiger partial charge on any atom is 0.279 e. The molecule has 2 aromatic rings. The molecule has 1 saturated heterocycles. The smallest absolute Gasteiger partial charge is 0.279 e. The SMILES string of the molecule is COc1cccc(N2CC[NH+](CC(=O)Nc3cc(OC)ccc3OC)CC2)c1. The number of piperazine rings is 1. The summed E-state index contributed by atoms with van der Waals surface area (Å²) in [6, 6.07) is 13.4. The first-order chi connectivity index (χ1) is 13.6. The summed E-state index contributed by atoms with van der Waals surface area (Å²) in [4.78, 5) is 16.1. The second-order valence-electron chi connectivity index (χ2n) is 6.73. The van der Waals surface area contributed by atoms with E-state index in [0.717, 1.165) is 37.6 Å². The van der Waals surface area contributed by atoms with Gasteiger partial charge in [0.1, 0.15) is 17.2 Å². The van der Waals surface area contributed by atoms with Crippen molar-refractivity contribution < 1.29 is 23.9 Å². The standard InChI is InChI=1S/C21H27N3O4/c1-26-17-6-4-5-16(13-17)24-11-9-23(10-12-24)15-21(25)22-19-14-18(27-2)7-8-20(19)28-3/h4-8,13-14H,9-12,15H2,1-3H3,(H,22,25)/p+1. The lowest BCUT2D eigenvalue weighted by Crippen LogP contribution is -3.15. The van der Waals surface area contributed by atoms with Crippen LogP contribution in [0.1, 0.15) is 0 Å². The lowest BCUT2D eigenvalue weighted by molar-refractivity contribution is -0.892. The van der Waals surface area contributed by atoms with Crippen molar-refractivity contribution in [1.29, 1.82) is 0 Å². The molecule has 28 heavy (non-hydrogen) atoms. The molecule has 0 saturated carbocycles. The van der Waals surface area contributed by atoms with E-state index in [1.54, 1.807) is 39.5 Å². The highest BCUT2D eigenvalue weighted by molar-refractivity contribution is 5.93. The first-order valence-corrected chi connectivity index (χ1v) is 9.37. The fraction of sp³-hybridized carbons (Fsp3) is 0.381. The Morgan fingerprint density at radius 1 is 1.00 bits per heavy atom. The van der Waals surface area contributed by atoms with E-state index >= 15 is 0 Å². The zero-order valence-corrected chi connectivity index (χ0v) is 16.7. The van der Waals surface area contributed by atoms with E-state index < -0.39 is 0 Å². The van der Waals surface area contributed by atoms with Crippen molar-refractivity contribution >= 4 is 17.3 Å². The third kappa shape index (κ3) is 4.86. The maximum atomic E-state index is 12.5. The highest BCUT2D eigenvalue weighted by Crippen LogP contribution is 2.28. The fourth-order valence-corrected chi connectivity index (χ4v) is 3.40. The van der Waals surface area contributed by atoms with E-state index in [0.29, 0.717) is 23.7 Å². The third-order valence-corrected chi connectivity index (χ3v) is 4.98. The molecule has 1 heterocycles. The molecule has 2 aromatic carbocycles. The van der Waals surface area contributed by atoms with Gasteiger partial charge in [-0.05, 0) is 24.3 Å². The molecule has 7 nitrogen and oxygen atoms in total. The van der Waals surface area contributed by atoms with Crippen molar-refractivity contribution in [2.24, 2.45) is 0 Å². The summed E-state index contributed by atoms with van der Waals surface area (Å²) in [5, 5.41) is 2.95. The monoisotopic (exact) mass is 386 g/mol. The second kappa shape index (κ2) is 9.32. The molecule has 0 radical (unpaired) electrons. The number of anilines is 2. The van der Waals surface area contributed by atoms with E-state index in [9.17, 15) is 4.79 Å². The van der Waals surface area contributed by atoms with Crippen LogP contribution in [0.25, 0.3) is 0 Å². The van der Waals surface area contributed by atoms with Gasteiger partial charge < -0.3 is 29.3 Å². The number of benzene rings is 2. The molecule has 7 heteroatoms. The summed E-state index contributed by atoms with van der Waals surface area (Å²) in [7, 11) is 4.86. The molecular weight excluding hydrogens is 358 g/mol. The highest BCUT2D eigenvalue weighted by Gasteiger charge is 2.23. The summed E-state index contributed by atoms with van der Waals surface area (Å²) in [6.45, 7) is 4.03. The summed E-state index contributed by atoms with van der Waals surface area (Å²) in [5.74, 6) is 2.12. The van der Waals surface area contributed by atoms with E-state index in [4.69, 9.17) is 14.2 Å². The van der Waals surface area contributed by atoms with Crippen LogP contribution < -0.4 is 29.3 Å². The summed E-state index contributed by atoms with van der Waals surface area (Å²) in [5.41, 5.74) is 1.78. The minimum atomic E-state index is -0.0311. The second-order valence-corrected chi connectivity index (χ2v) is 6.73. The summed E-state index contributed by atoms with van der Waals surface area (Å²) >= 11 is 0. The number of nitrogens with zero attached hydrogens (tertiary/aromatic N) is 1. The molecule has 1 aliphatic heterocycles. The van der Waals surface area contributed by atoms with E-state index in [2.05, 4.69) is 16.3 Å². The van der Waals surface area contributed by atoms with Crippen LogP contribution in [-0.2, 0) is 4.79 Å².